The topological polar surface area (TPSA) is 67.1 Å². The second-order valence-corrected chi connectivity index (χ2v) is 7.64. The number of fused-ring (bicyclic) bond motifs is 1. The van der Waals surface area contributed by atoms with Gasteiger partial charge < -0.3 is 16.0 Å². The maximum atomic E-state index is 6.57. The van der Waals surface area contributed by atoms with E-state index in [9.17, 15) is 0 Å². The first-order chi connectivity index (χ1) is 14.7. The smallest absolute Gasteiger partial charge is 0.227 e. The minimum absolute atomic E-state index is 0.0401. The molecule has 148 valence electrons. The van der Waals surface area contributed by atoms with Crippen molar-refractivity contribution in [1.29, 1.82) is 0 Å². The number of halogens is 1. The Hall–Kier alpha value is -3.57. The first kappa shape index (κ1) is 18.5. The Balaban J connectivity index is 1.52. The van der Waals surface area contributed by atoms with E-state index in [1.165, 1.54) is 11.3 Å². The standard InChI is InChI=1S/C24H20ClN5/c25-21-14-27-24(28-17-8-6-7-16(26)13-17)29-23(21)20-15-30(18-9-2-1-3-10-18)22-12-5-4-11-19(20)22/h1-14,20H,15,26H2,(H,27,28,29). The van der Waals surface area contributed by atoms with Crippen molar-refractivity contribution in [1.82, 2.24) is 9.97 Å². The minimum Gasteiger partial charge on any atom is -0.399 e. The van der Waals surface area contributed by atoms with Crippen LogP contribution in [0.3, 0.4) is 0 Å². The molecule has 1 unspecified atom stereocenters. The lowest BCUT2D eigenvalue weighted by molar-refractivity contribution is 0.818. The van der Waals surface area contributed by atoms with Gasteiger partial charge in [0.05, 0.1) is 16.9 Å². The molecule has 3 N–H and O–H groups in total. The first-order valence-corrected chi connectivity index (χ1v) is 10.1. The number of hydrogen-bond acceptors (Lipinski definition) is 5. The molecule has 0 bridgehead atoms. The third-order valence-corrected chi connectivity index (χ3v) is 5.57. The molecule has 1 aliphatic heterocycles. The second-order valence-electron chi connectivity index (χ2n) is 7.23. The number of anilines is 5. The van der Waals surface area contributed by atoms with Crippen molar-refractivity contribution in [2.24, 2.45) is 0 Å². The number of nitrogens with one attached hydrogen (secondary N) is 1. The normalized spacial score (nSPS) is 15.1. The maximum absolute atomic E-state index is 6.57. The Morgan fingerprint density at radius 1 is 0.967 bits per heavy atom. The molecule has 0 spiro atoms. The summed E-state index contributed by atoms with van der Waals surface area (Å²) < 4.78 is 0. The fourth-order valence-electron chi connectivity index (χ4n) is 3.92. The summed E-state index contributed by atoms with van der Waals surface area (Å²) in [5, 5.41) is 3.79. The van der Waals surface area contributed by atoms with Crippen LogP contribution < -0.4 is 16.0 Å². The molecule has 4 aromatic rings. The Morgan fingerprint density at radius 2 is 1.77 bits per heavy atom. The van der Waals surface area contributed by atoms with Crippen molar-refractivity contribution < 1.29 is 0 Å². The lowest BCUT2D eigenvalue weighted by Crippen LogP contribution is -2.17. The van der Waals surface area contributed by atoms with E-state index in [2.05, 4.69) is 63.7 Å². The van der Waals surface area contributed by atoms with E-state index in [0.29, 0.717) is 16.7 Å². The van der Waals surface area contributed by atoms with Crippen LogP contribution in [0.5, 0.6) is 0 Å². The summed E-state index contributed by atoms with van der Waals surface area (Å²) in [6.07, 6.45) is 1.66. The van der Waals surface area contributed by atoms with Crippen LogP contribution in [0.25, 0.3) is 0 Å². The van der Waals surface area contributed by atoms with Crippen LogP contribution in [-0.4, -0.2) is 16.5 Å². The van der Waals surface area contributed by atoms with E-state index in [1.54, 1.807) is 6.20 Å². The highest BCUT2D eigenvalue weighted by atomic mass is 35.5. The molecule has 0 fully saturated rings. The Labute approximate surface area is 180 Å². The third kappa shape index (κ3) is 3.44. The average Bonchev–Trinajstić information content (AvgIpc) is 3.15. The fraction of sp³-hybridized carbons (Fsp3) is 0.0833. The van der Waals surface area contributed by atoms with E-state index in [0.717, 1.165) is 23.6 Å². The molecular formula is C24H20ClN5. The van der Waals surface area contributed by atoms with Crippen molar-refractivity contribution in [3.8, 4) is 0 Å². The van der Waals surface area contributed by atoms with Gasteiger partial charge in [0.1, 0.15) is 0 Å². The van der Waals surface area contributed by atoms with Crippen molar-refractivity contribution in [2.45, 2.75) is 5.92 Å². The monoisotopic (exact) mass is 413 g/mol. The molecule has 30 heavy (non-hydrogen) atoms. The molecule has 3 aromatic carbocycles. The van der Waals surface area contributed by atoms with Gasteiger partial charge in [0.15, 0.2) is 0 Å². The Bertz CT molecular complexity index is 1200. The average molecular weight is 414 g/mol. The number of nitrogen functional groups attached to an aromatic ring is 1. The van der Waals surface area contributed by atoms with Gasteiger partial charge in [-0.1, -0.05) is 54.1 Å². The largest absolute Gasteiger partial charge is 0.399 e. The van der Waals surface area contributed by atoms with E-state index in [4.69, 9.17) is 22.3 Å². The van der Waals surface area contributed by atoms with Crippen LogP contribution in [-0.2, 0) is 0 Å². The van der Waals surface area contributed by atoms with Gasteiger partial charge in [-0.3, -0.25) is 0 Å². The lowest BCUT2D eigenvalue weighted by atomic mass is 9.98. The number of benzene rings is 3. The number of aromatic nitrogens is 2. The zero-order valence-corrected chi connectivity index (χ0v) is 16.9. The van der Waals surface area contributed by atoms with Gasteiger partial charge in [-0.25, -0.2) is 9.97 Å². The summed E-state index contributed by atoms with van der Waals surface area (Å²) in [6.45, 7) is 0.762. The van der Waals surface area contributed by atoms with Crippen molar-refractivity contribution >= 4 is 40.3 Å². The number of rotatable bonds is 4. The van der Waals surface area contributed by atoms with E-state index in [1.807, 2.05) is 30.3 Å². The van der Waals surface area contributed by atoms with Crippen LogP contribution >= 0.6 is 11.6 Å². The SMILES string of the molecule is Nc1cccc(Nc2ncc(Cl)c(C3CN(c4ccccc4)c4ccccc43)n2)c1. The van der Waals surface area contributed by atoms with E-state index in [-0.39, 0.29) is 5.92 Å². The molecular weight excluding hydrogens is 394 g/mol. The summed E-state index contributed by atoms with van der Waals surface area (Å²) in [4.78, 5) is 11.5. The van der Waals surface area contributed by atoms with Gasteiger partial charge >= 0.3 is 0 Å². The Morgan fingerprint density at radius 3 is 2.60 bits per heavy atom. The van der Waals surface area contributed by atoms with Crippen molar-refractivity contribution in [3.63, 3.8) is 0 Å². The van der Waals surface area contributed by atoms with Gasteiger partial charge in [-0.2, -0.15) is 0 Å². The minimum atomic E-state index is 0.0401. The third-order valence-electron chi connectivity index (χ3n) is 5.28. The summed E-state index contributed by atoms with van der Waals surface area (Å²) >= 11 is 6.57. The van der Waals surface area contributed by atoms with Crippen LogP contribution in [0, 0.1) is 0 Å². The molecule has 0 amide bonds. The fourth-order valence-corrected chi connectivity index (χ4v) is 4.15. The highest BCUT2D eigenvalue weighted by Crippen LogP contribution is 2.44. The molecule has 1 aliphatic rings. The van der Waals surface area contributed by atoms with Crippen LogP contribution in [0.4, 0.5) is 28.7 Å². The van der Waals surface area contributed by atoms with Crippen LogP contribution in [0.2, 0.25) is 5.02 Å². The number of para-hydroxylation sites is 2. The summed E-state index contributed by atoms with van der Waals surface area (Å²) in [6, 6.07) is 26.3. The molecule has 6 heteroatoms. The van der Waals surface area contributed by atoms with Crippen LogP contribution in [0.15, 0.2) is 85.1 Å². The molecule has 1 atom stereocenters. The molecule has 1 aromatic heterocycles. The molecule has 0 aliphatic carbocycles. The maximum Gasteiger partial charge on any atom is 0.227 e. The van der Waals surface area contributed by atoms with Gasteiger partial charge in [-0.05, 0) is 42.0 Å². The summed E-state index contributed by atoms with van der Waals surface area (Å²) in [7, 11) is 0. The van der Waals surface area contributed by atoms with Crippen LogP contribution in [0.1, 0.15) is 17.2 Å². The molecule has 0 radical (unpaired) electrons. The van der Waals surface area contributed by atoms with Crippen molar-refractivity contribution in [3.05, 3.63) is 101 Å². The molecule has 2 heterocycles. The zero-order chi connectivity index (χ0) is 20.5. The zero-order valence-electron chi connectivity index (χ0n) is 16.2. The van der Waals surface area contributed by atoms with E-state index >= 15 is 0 Å². The molecule has 0 saturated heterocycles. The van der Waals surface area contributed by atoms with Gasteiger partial charge in [0.2, 0.25) is 5.95 Å². The van der Waals surface area contributed by atoms with Gasteiger partial charge in [-0.15, -0.1) is 0 Å². The summed E-state index contributed by atoms with van der Waals surface area (Å²) in [5.41, 5.74) is 11.7. The van der Waals surface area contributed by atoms with E-state index < -0.39 is 0 Å². The predicted molar refractivity (Wildman–Crippen MR) is 123 cm³/mol. The number of hydrogen-bond donors (Lipinski definition) is 2. The molecule has 0 saturated carbocycles. The number of nitrogens with two attached hydrogens (primary N) is 1. The molecule has 5 nitrogen and oxygen atoms in total. The van der Waals surface area contributed by atoms with Crippen molar-refractivity contribution in [2.75, 3.05) is 22.5 Å². The molecule has 5 rings (SSSR count). The first-order valence-electron chi connectivity index (χ1n) is 9.75. The highest BCUT2D eigenvalue weighted by Gasteiger charge is 2.32. The summed E-state index contributed by atoms with van der Waals surface area (Å²) in [5.74, 6) is 0.536. The number of nitrogens with zero attached hydrogens (tertiary/aromatic N) is 3. The second kappa shape index (κ2) is 7.69. The quantitative estimate of drug-likeness (QED) is 0.417. The lowest BCUT2D eigenvalue weighted by Gasteiger charge is -2.20. The van der Waals surface area contributed by atoms with Gasteiger partial charge in [0, 0.05) is 35.2 Å². The Kier molecular flexibility index (Phi) is 4.73. The van der Waals surface area contributed by atoms with Gasteiger partial charge in [0.25, 0.3) is 0 Å². The highest BCUT2D eigenvalue weighted by molar-refractivity contribution is 6.31. The predicted octanol–water partition coefficient (Wildman–Crippen LogP) is 5.74.